The Bertz CT molecular complexity index is 1150. The van der Waals surface area contributed by atoms with E-state index in [-0.39, 0.29) is 5.75 Å². The minimum atomic E-state index is 0.169. The molecule has 2 aromatic carbocycles. The third kappa shape index (κ3) is 3.28. The zero-order valence-corrected chi connectivity index (χ0v) is 16.9. The quantitative estimate of drug-likeness (QED) is 0.455. The Morgan fingerprint density at radius 2 is 1.70 bits per heavy atom. The molecular weight excluding hydrogens is 404 g/mol. The molecule has 2 heterocycles. The zero-order valence-electron chi connectivity index (χ0n) is 15.3. The van der Waals surface area contributed by atoms with Crippen molar-refractivity contribution in [1.29, 1.82) is 0 Å². The maximum absolute atomic E-state index is 10.4. The molecule has 0 amide bonds. The molecule has 5 nitrogen and oxygen atoms in total. The van der Waals surface area contributed by atoms with Crippen LogP contribution < -0.4 is 5.32 Å². The molecule has 4 aromatic rings. The lowest BCUT2D eigenvalue weighted by Gasteiger charge is -2.12. The number of aromatic nitrogens is 3. The molecule has 0 aliphatic carbocycles. The summed E-state index contributed by atoms with van der Waals surface area (Å²) in [5.74, 6) is 1.53. The number of imidazole rings is 1. The summed E-state index contributed by atoms with van der Waals surface area (Å²) in [6.45, 7) is 6.03. The third-order valence-corrected chi connectivity index (χ3v) is 4.93. The van der Waals surface area contributed by atoms with Gasteiger partial charge in [0.2, 0.25) is 5.78 Å². The molecule has 0 bridgehead atoms. The Morgan fingerprint density at radius 3 is 2.44 bits per heavy atom. The van der Waals surface area contributed by atoms with Crippen LogP contribution in [0.2, 0.25) is 0 Å². The summed E-state index contributed by atoms with van der Waals surface area (Å²) in [4.78, 5) is 9.30. The lowest BCUT2D eigenvalue weighted by atomic mass is 10.1. The second kappa shape index (κ2) is 6.70. The maximum Gasteiger partial charge on any atom is 0.236 e. The van der Waals surface area contributed by atoms with Crippen LogP contribution in [0, 0.1) is 20.8 Å². The van der Waals surface area contributed by atoms with Gasteiger partial charge in [-0.15, -0.1) is 0 Å². The van der Waals surface area contributed by atoms with E-state index in [4.69, 9.17) is 4.98 Å². The molecule has 0 saturated heterocycles. The number of hydrogen-bond donors (Lipinski definition) is 2. The monoisotopic (exact) mass is 422 g/mol. The van der Waals surface area contributed by atoms with Gasteiger partial charge in [-0.1, -0.05) is 33.6 Å². The van der Waals surface area contributed by atoms with Crippen LogP contribution in [-0.4, -0.2) is 19.5 Å². The smallest absolute Gasteiger partial charge is 0.236 e. The average Bonchev–Trinajstić information content (AvgIpc) is 2.97. The van der Waals surface area contributed by atoms with E-state index >= 15 is 0 Å². The summed E-state index contributed by atoms with van der Waals surface area (Å²) in [6.07, 6.45) is 0. The first-order valence-corrected chi connectivity index (χ1v) is 9.41. The SMILES string of the molecule is Cc1ccc(Nc2c(-c3cc(Br)ccc3O)nc3nc(C)cc(C)n23)cc1. The van der Waals surface area contributed by atoms with Crippen LogP contribution in [0.15, 0.2) is 53.0 Å². The van der Waals surface area contributed by atoms with Gasteiger partial charge < -0.3 is 10.4 Å². The predicted molar refractivity (Wildman–Crippen MR) is 112 cm³/mol. The number of phenols is 1. The number of aromatic hydroxyl groups is 1. The highest BCUT2D eigenvalue weighted by Gasteiger charge is 2.20. The van der Waals surface area contributed by atoms with Crippen molar-refractivity contribution in [2.75, 3.05) is 5.32 Å². The van der Waals surface area contributed by atoms with Gasteiger partial charge in [-0.05, 0) is 57.2 Å². The molecule has 27 heavy (non-hydrogen) atoms. The molecule has 0 aliphatic rings. The third-order valence-electron chi connectivity index (χ3n) is 4.43. The fourth-order valence-electron chi connectivity index (χ4n) is 3.15. The lowest BCUT2D eigenvalue weighted by molar-refractivity contribution is 0.477. The van der Waals surface area contributed by atoms with Crippen molar-refractivity contribution < 1.29 is 5.11 Å². The number of nitrogens with one attached hydrogen (secondary N) is 1. The van der Waals surface area contributed by atoms with Crippen LogP contribution in [0.4, 0.5) is 11.5 Å². The van der Waals surface area contributed by atoms with Crippen molar-refractivity contribution in [3.8, 4) is 17.0 Å². The van der Waals surface area contributed by atoms with Gasteiger partial charge in [-0.3, -0.25) is 4.40 Å². The molecule has 4 rings (SSSR count). The van der Waals surface area contributed by atoms with Crippen molar-refractivity contribution in [1.82, 2.24) is 14.4 Å². The molecule has 0 atom stereocenters. The zero-order chi connectivity index (χ0) is 19.1. The van der Waals surface area contributed by atoms with Crippen molar-refractivity contribution in [2.24, 2.45) is 0 Å². The standard InChI is InChI=1S/C21H19BrN4O/c1-12-4-7-16(8-5-12)24-20-19(17-11-15(22)6-9-18(17)27)25-21-23-13(2)10-14(3)26(20)21/h4-11,24,27H,1-3H3. The molecule has 0 radical (unpaired) electrons. The molecule has 136 valence electrons. The minimum Gasteiger partial charge on any atom is -0.507 e. The first kappa shape index (κ1) is 17.5. The van der Waals surface area contributed by atoms with Crippen molar-refractivity contribution >= 4 is 33.2 Å². The van der Waals surface area contributed by atoms with Crippen LogP contribution in [0.25, 0.3) is 17.0 Å². The maximum atomic E-state index is 10.4. The summed E-state index contributed by atoms with van der Waals surface area (Å²) in [5.41, 5.74) is 5.34. The van der Waals surface area contributed by atoms with E-state index in [2.05, 4.69) is 45.3 Å². The van der Waals surface area contributed by atoms with Crippen molar-refractivity contribution in [2.45, 2.75) is 20.8 Å². The van der Waals surface area contributed by atoms with Gasteiger partial charge in [0.1, 0.15) is 17.3 Å². The number of rotatable bonds is 3. The lowest BCUT2D eigenvalue weighted by Crippen LogP contribution is -2.01. The number of fused-ring (bicyclic) bond motifs is 1. The number of halogens is 1. The van der Waals surface area contributed by atoms with E-state index in [1.807, 2.05) is 42.5 Å². The van der Waals surface area contributed by atoms with E-state index in [1.54, 1.807) is 12.1 Å². The largest absolute Gasteiger partial charge is 0.507 e. The van der Waals surface area contributed by atoms with E-state index in [1.165, 1.54) is 5.56 Å². The summed E-state index contributed by atoms with van der Waals surface area (Å²) in [5, 5.41) is 13.9. The molecule has 0 saturated carbocycles. The normalized spacial score (nSPS) is 11.1. The fraction of sp³-hybridized carbons (Fsp3) is 0.143. The molecule has 2 N–H and O–H groups in total. The van der Waals surface area contributed by atoms with Gasteiger partial charge in [0.25, 0.3) is 0 Å². The Kier molecular flexibility index (Phi) is 4.36. The number of hydrogen-bond acceptors (Lipinski definition) is 4. The highest BCUT2D eigenvalue weighted by Crippen LogP contribution is 2.37. The Hall–Kier alpha value is -2.86. The fourth-order valence-corrected chi connectivity index (χ4v) is 3.51. The summed E-state index contributed by atoms with van der Waals surface area (Å²) in [6, 6.07) is 15.5. The molecular formula is C21H19BrN4O. The highest BCUT2D eigenvalue weighted by molar-refractivity contribution is 9.10. The van der Waals surface area contributed by atoms with Gasteiger partial charge in [0.15, 0.2) is 0 Å². The van der Waals surface area contributed by atoms with Gasteiger partial charge in [0, 0.05) is 27.1 Å². The van der Waals surface area contributed by atoms with Crippen LogP contribution in [0.3, 0.4) is 0 Å². The molecule has 0 fully saturated rings. The van der Waals surface area contributed by atoms with E-state index in [9.17, 15) is 5.11 Å². The van der Waals surface area contributed by atoms with Crippen molar-refractivity contribution in [3.05, 3.63) is 70.0 Å². The first-order valence-electron chi connectivity index (χ1n) is 8.61. The minimum absolute atomic E-state index is 0.169. The number of phenolic OH excluding ortho intramolecular Hbond substituents is 1. The molecule has 6 heteroatoms. The van der Waals surface area contributed by atoms with Crippen LogP contribution in [-0.2, 0) is 0 Å². The van der Waals surface area contributed by atoms with Crippen LogP contribution in [0.1, 0.15) is 17.0 Å². The Labute approximate surface area is 165 Å². The second-order valence-electron chi connectivity index (χ2n) is 6.64. The van der Waals surface area contributed by atoms with Gasteiger partial charge in [-0.25, -0.2) is 9.97 Å². The van der Waals surface area contributed by atoms with Gasteiger partial charge >= 0.3 is 0 Å². The van der Waals surface area contributed by atoms with Gasteiger partial charge in [-0.2, -0.15) is 0 Å². The number of benzene rings is 2. The second-order valence-corrected chi connectivity index (χ2v) is 7.55. The predicted octanol–water partition coefficient (Wildman–Crippen LogP) is 5.53. The van der Waals surface area contributed by atoms with E-state index in [0.717, 1.165) is 27.4 Å². The number of nitrogens with zero attached hydrogens (tertiary/aromatic N) is 3. The molecule has 0 spiro atoms. The molecule has 2 aromatic heterocycles. The van der Waals surface area contributed by atoms with Crippen LogP contribution in [0.5, 0.6) is 5.75 Å². The molecule has 0 unspecified atom stereocenters. The summed E-state index contributed by atoms with van der Waals surface area (Å²) < 4.78 is 2.84. The van der Waals surface area contributed by atoms with E-state index < -0.39 is 0 Å². The number of anilines is 2. The highest BCUT2D eigenvalue weighted by atomic mass is 79.9. The Balaban J connectivity index is 1.98. The molecule has 0 aliphatic heterocycles. The number of aryl methyl sites for hydroxylation is 3. The summed E-state index contributed by atoms with van der Waals surface area (Å²) in [7, 11) is 0. The first-order chi connectivity index (χ1) is 12.9. The van der Waals surface area contributed by atoms with Gasteiger partial charge in [0.05, 0.1) is 0 Å². The summed E-state index contributed by atoms with van der Waals surface area (Å²) >= 11 is 3.48. The van der Waals surface area contributed by atoms with Crippen molar-refractivity contribution in [3.63, 3.8) is 0 Å². The van der Waals surface area contributed by atoms with E-state index in [0.29, 0.717) is 17.0 Å². The topological polar surface area (TPSA) is 62.5 Å². The Morgan fingerprint density at radius 1 is 0.963 bits per heavy atom. The average molecular weight is 423 g/mol. The van der Waals surface area contributed by atoms with Crippen LogP contribution >= 0.6 is 15.9 Å².